The second-order valence-corrected chi connectivity index (χ2v) is 5.12. The molecule has 7 nitrogen and oxygen atoms in total. The Morgan fingerprint density at radius 1 is 1.52 bits per heavy atom. The van der Waals surface area contributed by atoms with Gasteiger partial charge >= 0.3 is 0 Å². The van der Waals surface area contributed by atoms with Gasteiger partial charge in [-0.15, -0.1) is 5.10 Å². The van der Waals surface area contributed by atoms with Crippen molar-refractivity contribution in [1.29, 1.82) is 0 Å². The highest BCUT2D eigenvalue weighted by atomic mass is 16.5. The number of ether oxygens (including phenoxy) is 1. The van der Waals surface area contributed by atoms with Gasteiger partial charge in [0.25, 0.3) is 5.91 Å². The molecule has 1 saturated heterocycles. The maximum Gasteiger partial charge on any atom is 0.289 e. The zero-order valence-corrected chi connectivity index (χ0v) is 11.9. The molecule has 112 valence electrons. The lowest BCUT2D eigenvalue weighted by molar-refractivity contribution is 0.0681. The molecular formula is C14H18N4O3. The van der Waals surface area contributed by atoms with Crippen molar-refractivity contribution >= 4 is 5.91 Å². The summed E-state index contributed by atoms with van der Waals surface area (Å²) in [5.74, 6) is 0.959. The van der Waals surface area contributed by atoms with Gasteiger partial charge in [-0.1, -0.05) is 5.21 Å². The Kier molecular flexibility index (Phi) is 4.01. The highest BCUT2D eigenvalue weighted by Crippen LogP contribution is 2.22. The molecule has 7 heteroatoms. The number of carbonyl (C=O) groups excluding carboxylic acids is 1. The fraction of sp³-hybridized carbons (Fsp3) is 0.500. The SMILES string of the molecule is COCc1ccc(C(=O)N2CCC[C@H]2Cn2ccnn2)o1. The lowest BCUT2D eigenvalue weighted by Gasteiger charge is -2.23. The number of likely N-dealkylation sites (tertiary alicyclic amines) is 1. The smallest absolute Gasteiger partial charge is 0.289 e. The van der Waals surface area contributed by atoms with E-state index in [0.717, 1.165) is 19.4 Å². The fourth-order valence-corrected chi connectivity index (χ4v) is 2.69. The summed E-state index contributed by atoms with van der Waals surface area (Å²) in [6.45, 7) is 1.78. The Morgan fingerprint density at radius 3 is 3.19 bits per heavy atom. The van der Waals surface area contributed by atoms with Crippen molar-refractivity contribution in [1.82, 2.24) is 19.9 Å². The van der Waals surface area contributed by atoms with Crippen molar-refractivity contribution < 1.29 is 13.9 Å². The van der Waals surface area contributed by atoms with Crippen LogP contribution in [-0.2, 0) is 17.9 Å². The molecule has 2 aromatic heterocycles. The topological polar surface area (TPSA) is 73.4 Å². The van der Waals surface area contributed by atoms with E-state index >= 15 is 0 Å². The molecule has 1 atom stereocenters. The Balaban J connectivity index is 1.70. The van der Waals surface area contributed by atoms with Crippen LogP contribution in [0.5, 0.6) is 0 Å². The molecule has 21 heavy (non-hydrogen) atoms. The second-order valence-electron chi connectivity index (χ2n) is 5.12. The molecule has 1 aliphatic heterocycles. The molecule has 0 spiro atoms. The Morgan fingerprint density at radius 2 is 2.43 bits per heavy atom. The van der Waals surface area contributed by atoms with Crippen molar-refractivity contribution in [3.8, 4) is 0 Å². The number of amides is 1. The molecular weight excluding hydrogens is 272 g/mol. The van der Waals surface area contributed by atoms with E-state index in [9.17, 15) is 4.79 Å². The van der Waals surface area contributed by atoms with Crippen molar-refractivity contribution in [2.75, 3.05) is 13.7 Å². The maximum atomic E-state index is 12.5. The van der Waals surface area contributed by atoms with Crippen LogP contribution in [-0.4, -0.2) is 45.5 Å². The van der Waals surface area contributed by atoms with Crippen LogP contribution in [0.15, 0.2) is 28.9 Å². The number of rotatable bonds is 5. The average molecular weight is 290 g/mol. The van der Waals surface area contributed by atoms with Crippen molar-refractivity contribution in [2.45, 2.75) is 32.0 Å². The third kappa shape index (κ3) is 2.97. The van der Waals surface area contributed by atoms with E-state index in [1.165, 1.54) is 0 Å². The molecule has 1 fully saturated rings. The first kappa shape index (κ1) is 13.8. The lowest BCUT2D eigenvalue weighted by atomic mass is 10.2. The van der Waals surface area contributed by atoms with Gasteiger partial charge in [0.15, 0.2) is 5.76 Å². The summed E-state index contributed by atoms with van der Waals surface area (Å²) in [5, 5.41) is 7.76. The summed E-state index contributed by atoms with van der Waals surface area (Å²) in [7, 11) is 1.60. The van der Waals surface area contributed by atoms with Gasteiger partial charge in [-0.3, -0.25) is 9.48 Å². The quantitative estimate of drug-likeness (QED) is 0.830. The fourth-order valence-electron chi connectivity index (χ4n) is 2.69. The number of aromatic nitrogens is 3. The van der Waals surface area contributed by atoms with E-state index in [4.69, 9.17) is 9.15 Å². The van der Waals surface area contributed by atoms with Gasteiger partial charge in [-0.05, 0) is 25.0 Å². The molecule has 0 aliphatic carbocycles. The van der Waals surface area contributed by atoms with E-state index in [1.54, 1.807) is 30.1 Å². The summed E-state index contributed by atoms with van der Waals surface area (Å²) in [4.78, 5) is 14.4. The van der Waals surface area contributed by atoms with Gasteiger partial charge in [-0.2, -0.15) is 0 Å². The molecule has 2 aromatic rings. The Labute approximate surface area is 122 Å². The van der Waals surface area contributed by atoms with Gasteiger partial charge < -0.3 is 14.1 Å². The zero-order chi connectivity index (χ0) is 14.7. The van der Waals surface area contributed by atoms with Gasteiger partial charge in [0.1, 0.15) is 12.4 Å². The minimum absolute atomic E-state index is 0.0695. The highest BCUT2D eigenvalue weighted by Gasteiger charge is 2.31. The van der Waals surface area contributed by atoms with Crippen LogP contribution in [0.4, 0.5) is 0 Å². The molecule has 0 N–H and O–H groups in total. The zero-order valence-electron chi connectivity index (χ0n) is 11.9. The highest BCUT2D eigenvalue weighted by molar-refractivity contribution is 5.92. The molecule has 0 bridgehead atoms. The molecule has 3 rings (SSSR count). The van der Waals surface area contributed by atoms with Crippen LogP contribution in [0.2, 0.25) is 0 Å². The summed E-state index contributed by atoms with van der Waals surface area (Å²) in [5.41, 5.74) is 0. The van der Waals surface area contributed by atoms with E-state index in [2.05, 4.69) is 10.3 Å². The minimum atomic E-state index is -0.0695. The molecule has 0 radical (unpaired) electrons. The molecule has 3 heterocycles. The van der Waals surface area contributed by atoms with Gasteiger partial charge in [0.05, 0.1) is 18.8 Å². The van der Waals surface area contributed by atoms with E-state index in [1.807, 2.05) is 11.1 Å². The molecule has 1 aliphatic rings. The minimum Gasteiger partial charge on any atom is -0.453 e. The third-order valence-electron chi connectivity index (χ3n) is 3.67. The second kappa shape index (κ2) is 6.09. The molecule has 0 saturated carbocycles. The van der Waals surface area contributed by atoms with Crippen LogP contribution in [0.1, 0.15) is 29.2 Å². The standard InChI is InChI=1S/C14H18N4O3/c1-20-10-12-4-5-13(21-12)14(19)18-7-2-3-11(18)9-17-8-6-15-16-17/h4-6,8,11H,2-3,7,9-10H2,1H3/t11-/m0/s1. The Bertz CT molecular complexity index is 593. The number of hydrogen-bond acceptors (Lipinski definition) is 5. The number of hydrogen-bond donors (Lipinski definition) is 0. The van der Waals surface area contributed by atoms with Crippen LogP contribution in [0.3, 0.4) is 0 Å². The lowest BCUT2D eigenvalue weighted by Crippen LogP contribution is -2.38. The van der Waals surface area contributed by atoms with Crippen LogP contribution >= 0.6 is 0 Å². The number of furan rings is 1. The van der Waals surface area contributed by atoms with Crippen molar-refractivity contribution in [3.05, 3.63) is 36.0 Å². The number of carbonyl (C=O) groups is 1. The number of methoxy groups -OCH3 is 1. The van der Waals surface area contributed by atoms with E-state index in [-0.39, 0.29) is 11.9 Å². The van der Waals surface area contributed by atoms with Gasteiger partial charge in [-0.25, -0.2) is 0 Å². The molecule has 1 amide bonds. The predicted octanol–water partition coefficient (Wildman–Crippen LogP) is 1.32. The monoisotopic (exact) mass is 290 g/mol. The summed E-state index contributed by atoms with van der Waals surface area (Å²) in [6.07, 6.45) is 5.42. The first-order valence-corrected chi connectivity index (χ1v) is 7.00. The molecule has 0 unspecified atom stereocenters. The third-order valence-corrected chi connectivity index (χ3v) is 3.67. The first-order valence-electron chi connectivity index (χ1n) is 7.00. The van der Waals surface area contributed by atoms with Crippen LogP contribution in [0, 0.1) is 0 Å². The van der Waals surface area contributed by atoms with E-state index in [0.29, 0.717) is 24.7 Å². The summed E-state index contributed by atoms with van der Waals surface area (Å²) >= 11 is 0. The first-order chi connectivity index (χ1) is 10.3. The average Bonchev–Trinajstić information content (AvgIpc) is 3.20. The van der Waals surface area contributed by atoms with Crippen molar-refractivity contribution in [3.63, 3.8) is 0 Å². The van der Waals surface area contributed by atoms with Gasteiger partial charge in [0, 0.05) is 19.9 Å². The van der Waals surface area contributed by atoms with Crippen molar-refractivity contribution in [2.24, 2.45) is 0 Å². The Hall–Kier alpha value is -2.15. The molecule has 0 aromatic carbocycles. The normalized spacial score (nSPS) is 18.3. The largest absolute Gasteiger partial charge is 0.453 e. The summed E-state index contributed by atoms with van der Waals surface area (Å²) in [6, 6.07) is 3.62. The van der Waals surface area contributed by atoms with Crippen LogP contribution in [0.25, 0.3) is 0 Å². The predicted molar refractivity (Wildman–Crippen MR) is 73.5 cm³/mol. The number of nitrogens with zero attached hydrogens (tertiary/aromatic N) is 4. The summed E-state index contributed by atoms with van der Waals surface area (Å²) < 4.78 is 12.3. The maximum absolute atomic E-state index is 12.5. The van der Waals surface area contributed by atoms with Crippen LogP contribution < -0.4 is 0 Å². The van der Waals surface area contributed by atoms with E-state index < -0.39 is 0 Å². The van der Waals surface area contributed by atoms with Gasteiger partial charge in [0.2, 0.25) is 0 Å².